The van der Waals surface area contributed by atoms with Gasteiger partial charge in [-0.1, -0.05) is 0 Å². The first kappa shape index (κ1) is 12.6. The van der Waals surface area contributed by atoms with E-state index in [9.17, 15) is 0 Å². The van der Waals surface area contributed by atoms with E-state index in [1.165, 1.54) is 4.88 Å². The van der Waals surface area contributed by atoms with Crippen molar-refractivity contribution in [3.05, 3.63) is 16.6 Å². The van der Waals surface area contributed by atoms with Crippen molar-refractivity contribution in [1.82, 2.24) is 10.3 Å². The van der Waals surface area contributed by atoms with Crippen LogP contribution in [0.3, 0.4) is 0 Å². The number of aromatic nitrogens is 1. The molecule has 1 aromatic rings. The summed E-state index contributed by atoms with van der Waals surface area (Å²) in [6, 6.07) is 0.350. The molecule has 5 heteroatoms. The molecule has 1 rings (SSSR count). The molecule has 0 fully saturated rings. The SMILES string of the molecule is COCCOCCNC(C)c1cncs1. The minimum Gasteiger partial charge on any atom is -0.382 e. The van der Waals surface area contributed by atoms with Crippen molar-refractivity contribution in [2.24, 2.45) is 0 Å². The van der Waals surface area contributed by atoms with E-state index in [1.54, 1.807) is 18.4 Å². The van der Waals surface area contributed by atoms with Crippen LogP contribution < -0.4 is 5.32 Å². The van der Waals surface area contributed by atoms with Gasteiger partial charge in [0.25, 0.3) is 0 Å². The van der Waals surface area contributed by atoms with Gasteiger partial charge in [-0.15, -0.1) is 11.3 Å². The standard InChI is InChI=1S/C10H18N2O2S/c1-9(10-7-11-8-15-10)12-3-4-14-6-5-13-2/h7-9,12H,3-6H2,1-2H3. The highest BCUT2D eigenvalue weighted by molar-refractivity contribution is 7.09. The predicted molar refractivity (Wildman–Crippen MR) is 61.2 cm³/mol. The second-order valence-corrected chi connectivity index (χ2v) is 4.10. The molecule has 0 saturated heterocycles. The number of ether oxygens (including phenoxy) is 2. The highest BCUT2D eigenvalue weighted by atomic mass is 32.1. The molecule has 1 heterocycles. The topological polar surface area (TPSA) is 43.4 Å². The summed E-state index contributed by atoms with van der Waals surface area (Å²) >= 11 is 1.67. The Hall–Kier alpha value is -0.490. The summed E-state index contributed by atoms with van der Waals surface area (Å²) in [5, 5.41) is 3.37. The maximum atomic E-state index is 5.34. The molecule has 0 spiro atoms. The molecule has 0 saturated carbocycles. The van der Waals surface area contributed by atoms with E-state index in [0.29, 0.717) is 25.9 Å². The molecular weight excluding hydrogens is 212 g/mol. The normalized spacial score (nSPS) is 12.9. The molecule has 86 valence electrons. The Labute approximate surface area is 94.6 Å². The molecule has 0 aliphatic heterocycles. The number of thiazole rings is 1. The molecule has 0 amide bonds. The van der Waals surface area contributed by atoms with Gasteiger partial charge in [0.15, 0.2) is 0 Å². The van der Waals surface area contributed by atoms with Gasteiger partial charge in [0.05, 0.1) is 25.3 Å². The largest absolute Gasteiger partial charge is 0.382 e. The smallest absolute Gasteiger partial charge is 0.0794 e. The number of nitrogens with one attached hydrogen (secondary N) is 1. The lowest BCUT2D eigenvalue weighted by molar-refractivity contribution is 0.0712. The molecule has 0 aromatic carbocycles. The van der Waals surface area contributed by atoms with Gasteiger partial charge in [-0.05, 0) is 6.92 Å². The molecule has 1 N–H and O–H groups in total. The van der Waals surface area contributed by atoms with Gasteiger partial charge in [0.2, 0.25) is 0 Å². The van der Waals surface area contributed by atoms with Crippen LogP contribution in [-0.2, 0) is 9.47 Å². The van der Waals surface area contributed by atoms with Crippen molar-refractivity contribution in [3.8, 4) is 0 Å². The van der Waals surface area contributed by atoms with Gasteiger partial charge in [-0.25, -0.2) is 0 Å². The minimum atomic E-state index is 0.350. The lowest BCUT2D eigenvalue weighted by Gasteiger charge is -2.11. The van der Waals surface area contributed by atoms with Crippen LogP contribution in [0.1, 0.15) is 17.8 Å². The van der Waals surface area contributed by atoms with E-state index in [0.717, 1.165) is 6.54 Å². The third kappa shape index (κ3) is 5.22. The van der Waals surface area contributed by atoms with E-state index in [4.69, 9.17) is 9.47 Å². The van der Waals surface area contributed by atoms with Crippen molar-refractivity contribution < 1.29 is 9.47 Å². The van der Waals surface area contributed by atoms with Crippen molar-refractivity contribution in [1.29, 1.82) is 0 Å². The first-order valence-corrected chi connectivity index (χ1v) is 5.91. The highest BCUT2D eigenvalue weighted by Gasteiger charge is 2.04. The van der Waals surface area contributed by atoms with E-state index in [2.05, 4.69) is 17.2 Å². The van der Waals surface area contributed by atoms with Gasteiger partial charge in [0, 0.05) is 30.8 Å². The first-order valence-electron chi connectivity index (χ1n) is 5.03. The monoisotopic (exact) mass is 230 g/mol. The van der Waals surface area contributed by atoms with Gasteiger partial charge in [-0.3, -0.25) is 4.98 Å². The van der Waals surface area contributed by atoms with Crippen LogP contribution in [0.4, 0.5) is 0 Å². The Bertz CT molecular complexity index is 242. The molecular formula is C10H18N2O2S. The molecule has 0 bridgehead atoms. The third-order valence-corrected chi connectivity index (χ3v) is 2.97. The van der Waals surface area contributed by atoms with Gasteiger partial charge in [0.1, 0.15) is 0 Å². The minimum absolute atomic E-state index is 0.350. The van der Waals surface area contributed by atoms with Gasteiger partial charge >= 0.3 is 0 Å². The van der Waals surface area contributed by atoms with Crippen LogP contribution in [0.25, 0.3) is 0 Å². The highest BCUT2D eigenvalue weighted by Crippen LogP contribution is 2.15. The molecule has 1 unspecified atom stereocenters. The Morgan fingerprint density at radius 1 is 1.47 bits per heavy atom. The number of methoxy groups -OCH3 is 1. The van der Waals surface area contributed by atoms with Crippen molar-refractivity contribution in [2.75, 3.05) is 33.5 Å². The molecule has 0 radical (unpaired) electrons. The van der Waals surface area contributed by atoms with Crippen molar-refractivity contribution in [3.63, 3.8) is 0 Å². The van der Waals surface area contributed by atoms with Gasteiger partial charge < -0.3 is 14.8 Å². The van der Waals surface area contributed by atoms with Crippen LogP contribution in [0.2, 0.25) is 0 Å². The maximum Gasteiger partial charge on any atom is 0.0794 e. The van der Waals surface area contributed by atoms with Crippen molar-refractivity contribution in [2.45, 2.75) is 13.0 Å². The van der Waals surface area contributed by atoms with Crippen LogP contribution in [0.15, 0.2) is 11.7 Å². The lowest BCUT2D eigenvalue weighted by atomic mass is 10.3. The summed E-state index contributed by atoms with van der Waals surface area (Å²) in [7, 11) is 1.67. The Morgan fingerprint density at radius 2 is 2.33 bits per heavy atom. The number of hydrogen-bond donors (Lipinski definition) is 1. The zero-order chi connectivity index (χ0) is 10.9. The lowest BCUT2D eigenvalue weighted by Crippen LogP contribution is -2.23. The van der Waals surface area contributed by atoms with E-state index in [-0.39, 0.29) is 0 Å². The van der Waals surface area contributed by atoms with Crippen LogP contribution in [-0.4, -0.2) is 38.5 Å². The first-order chi connectivity index (χ1) is 7.34. The fraction of sp³-hybridized carbons (Fsp3) is 0.700. The van der Waals surface area contributed by atoms with Crippen molar-refractivity contribution >= 4 is 11.3 Å². The fourth-order valence-electron chi connectivity index (χ4n) is 1.13. The summed E-state index contributed by atoms with van der Waals surface area (Å²) < 4.78 is 10.2. The Balaban J connectivity index is 2.00. The number of hydrogen-bond acceptors (Lipinski definition) is 5. The van der Waals surface area contributed by atoms with E-state index >= 15 is 0 Å². The summed E-state index contributed by atoms with van der Waals surface area (Å²) in [5.74, 6) is 0. The molecule has 1 aromatic heterocycles. The summed E-state index contributed by atoms with van der Waals surface area (Å²) in [4.78, 5) is 5.30. The molecule has 15 heavy (non-hydrogen) atoms. The average molecular weight is 230 g/mol. The molecule has 0 aliphatic rings. The van der Waals surface area contributed by atoms with E-state index in [1.807, 2.05) is 11.7 Å². The molecule has 4 nitrogen and oxygen atoms in total. The third-order valence-electron chi connectivity index (χ3n) is 2.01. The summed E-state index contributed by atoms with van der Waals surface area (Å²) in [6.45, 7) is 5.01. The quantitative estimate of drug-likeness (QED) is 0.687. The Morgan fingerprint density at radius 3 is 3.00 bits per heavy atom. The zero-order valence-corrected chi connectivity index (χ0v) is 10.0. The number of nitrogens with zero attached hydrogens (tertiary/aromatic N) is 1. The van der Waals surface area contributed by atoms with Gasteiger partial charge in [-0.2, -0.15) is 0 Å². The molecule has 0 aliphatic carbocycles. The second kappa shape index (κ2) is 7.76. The van der Waals surface area contributed by atoms with Crippen LogP contribution in [0.5, 0.6) is 0 Å². The number of rotatable bonds is 8. The maximum absolute atomic E-state index is 5.34. The Kier molecular flexibility index (Phi) is 6.50. The summed E-state index contributed by atoms with van der Waals surface area (Å²) in [6.07, 6.45) is 1.90. The second-order valence-electron chi connectivity index (χ2n) is 3.18. The average Bonchev–Trinajstić information content (AvgIpc) is 2.76. The summed E-state index contributed by atoms with van der Waals surface area (Å²) in [5.41, 5.74) is 1.85. The van der Waals surface area contributed by atoms with Crippen LogP contribution >= 0.6 is 11.3 Å². The zero-order valence-electron chi connectivity index (χ0n) is 9.23. The molecule has 1 atom stereocenters. The van der Waals surface area contributed by atoms with Crippen LogP contribution in [0, 0.1) is 0 Å². The fourth-order valence-corrected chi connectivity index (χ4v) is 1.78. The predicted octanol–water partition coefficient (Wildman–Crippen LogP) is 1.46. The van der Waals surface area contributed by atoms with E-state index < -0.39 is 0 Å².